The van der Waals surface area contributed by atoms with E-state index in [4.69, 9.17) is 32.4 Å². The Bertz CT molecular complexity index is 1350. The quantitative estimate of drug-likeness (QED) is 0.339. The molecule has 0 saturated heterocycles. The first-order chi connectivity index (χ1) is 15.5. The van der Waals surface area contributed by atoms with E-state index in [2.05, 4.69) is 10.1 Å². The van der Waals surface area contributed by atoms with Crippen molar-refractivity contribution in [3.63, 3.8) is 0 Å². The topological polar surface area (TPSA) is 67.9 Å². The zero-order valence-electron chi connectivity index (χ0n) is 17.0. The van der Waals surface area contributed by atoms with Crippen molar-refractivity contribution in [2.75, 3.05) is 7.11 Å². The van der Waals surface area contributed by atoms with Crippen LogP contribution in [0.5, 0.6) is 5.75 Å². The van der Waals surface area contributed by atoms with Crippen LogP contribution in [0.1, 0.15) is 34.1 Å². The third-order valence-electron chi connectivity index (χ3n) is 5.40. The zero-order chi connectivity index (χ0) is 22.2. The molecule has 0 saturated carbocycles. The summed E-state index contributed by atoms with van der Waals surface area (Å²) in [5, 5.41) is 7.76. The number of nitrogens with zero attached hydrogens (tertiary/aromatic N) is 3. The number of hydrazone groups is 1. The highest BCUT2D eigenvalue weighted by Crippen LogP contribution is 2.39. The summed E-state index contributed by atoms with van der Waals surface area (Å²) in [6, 6.07) is 17.7. The van der Waals surface area contributed by atoms with E-state index in [9.17, 15) is 4.79 Å². The summed E-state index contributed by atoms with van der Waals surface area (Å²) < 4.78 is 10.6. The number of rotatable bonds is 4. The number of ether oxygens (including phenoxy) is 1. The highest BCUT2D eigenvalue weighted by molar-refractivity contribution is 6.34. The summed E-state index contributed by atoms with van der Waals surface area (Å²) in [6.45, 7) is 0. The molecule has 1 aliphatic heterocycles. The lowest BCUT2D eigenvalue weighted by atomic mass is 9.98. The van der Waals surface area contributed by atoms with Crippen LogP contribution in [0.15, 0.2) is 76.4 Å². The van der Waals surface area contributed by atoms with E-state index in [1.54, 1.807) is 25.3 Å². The number of pyridine rings is 1. The van der Waals surface area contributed by atoms with Crippen LogP contribution >= 0.6 is 23.2 Å². The molecule has 160 valence electrons. The maximum Gasteiger partial charge on any atom is 0.310 e. The second kappa shape index (κ2) is 8.30. The molecule has 6 nitrogen and oxygen atoms in total. The molecule has 8 heteroatoms. The van der Waals surface area contributed by atoms with Crippen LogP contribution in [0.2, 0.25) is 10.2 Å². The zero-order valence-corrected chi connectivity index (χ0v) is 18.5. The van der Waals surface area contributed by atoms with Gasteiger partial charge in [-0.25, -0.2) is 9.99 Å². The van der Waals surface area contributed by atoms with Gasteiger partial charge in [0.25, 0.3) is 0 Å². The van der Waals surface area contributed by atoms with E-state index in [0.717, 1.165) is 10.9 Å². The highest BCUT2D eigenvalue weighted by atomic mass is 35.5. The molecule has 32 heavy (non-hydrogen) atoms. The van der Waals surface area contributed by atoms with Crippen molar-refractivity contribution in [1.82, 2.24) is 9.99 Å². The fourth-order valence-electron chi connectivity index (χ4n) is 3.81. The monoisotopic (exact) mass is 465 g/mol. The molecule has 0 fully saturated rings. The Kier molecular flexibility index (Phi) is 5.33. The number of hydrogen-bond donors (Lipinski definition) is 0. The molecule has 1 aliphatic rings. The molecular formula is C24H17Cl2N3O3. The van der Waals surface area contributed by atoms with Crippen molar-refractivity contribution in [3.8, 4) is 5.75 Å². The van der Waals surface area contributed by atoms with E-state index in [1.807, 2.05) is 42.5 Å². The van der Waals surface area contributed by atoms with Gasteiger partial charge in [-0.05, 0) is 36.4 Å². The molecule has 1 atom stereocenters. The summed E-state index contributed by atoms with van der Waals surface area (Å²) >= 11 is 13.0. The Morgan fingerprint density at radius 3 is 2.72 bits per heavy atom. The van der Waals surface area contributed by atoms with Gasteiger partial charge in [0.1, 0.15) is 10.9 Å². The predicted octanol–water partition coefficient (Wildman–Crippen LogP) is 6.13. The van der Waals surface area contributed by atoms with Crippen LogP contribution in [0.3, 0.4) is 0 Å². The Balaban J connectivity index is 1.61. The first-order valence-corrected chi connectivity index (χ1v) is 10.6. The fraction of sp³-hybridized carbons (Fsp3) is 0.125. The number of carbonyl (C=O) groups excluding carboxylic acids is 1. The lowest BCUT2D eigenvalue weighted by Crippen LogP contribution is -2.27. The van der Waals surface area contributed by atoms with Gasteiger partial charge in [0.05, 0.1) is 30.6 Å². The lowest BCUT2D eigenvalue weighted by molar-refractivity contribution is 0.0678. The first-order valence-electron chi connectivity index (χ1n) is 9.89. The van der Waals surface area contributed by atoms with Gasteiger partial charge in [-0.1, -0.05) is 41.4 Å². The van der Waals surface area contributed by atoms with Crippen LogP contribution in [-0.4, -0.2) is 28.7 Å². The first kappa shape index (κ1) is 20.5. The van der Waals surface area contributed by atoms with E-state index in [0.29, 0.717) is 39.1 Å². The number of carbonyl (C=O) groups is 1. The number of amides is 1. The number of methoxy groups -OCH3 is 1. The lowest BCUT2D eigenvalue weighted by Gasteiger charge is -2.22. The van der Waals surface area contributed by atoms with E-state index >= 15 is 0 Å². The van der Waals surface area contributed by atoms with Gasteiger partial charge < -0.3 is 9.15 Å². The van der Waals surface area contributed by atoms with Crippen LogP contribution in [0, 0.1) is 0 Å². The van der Waals surface area contributed by atoms with E-state index < -0.39 is 6.04 Å². The van der Waals surface area contributed by atoms with Crippen molar-refractivity contribution in [2.24, 2.45) is 5.10 Å². The maximum absolute atomic E-state index is 13.2. The van der Waals surface area contributed by atoms with Gasteiger partial charge >= 0.3 is 5.91 Å². The molecular weight excluding hydrogens is 449 g/mol. The minimum atomic E-state index is -0.467. The number of benzene rings is 2. The average Bonchev–Trinajstić information content (AvgIpc) is 3.49. The second-order valence-corrected chi connectivity index (χ2v) is 8.07. The van der Waals surface area contributed by atoms with Crippen LogP contribution in [-0.2, 0) is 0 Å². The van der Waals surface area contributed by atoms with Crippen molar-refractivity contribution >= 4 is 45.7 Å². The minimum Gasteiger partial charge on any atom is -0.497 e. The Morgan fingerprint density at radius 2 is 1.97 bits per heavy atom. The molecule has 5 rings (SSSR count). The average molecular weight is 466 g/mol. The van der Waals surface area contributed by atoms with Crippen LogP contribution < -0.4 is 4.74 Å². The molecule has 0 radical (unpaired) electrons. The number of fused-ring (bicyclic) bond motifs is 1. The number of aromatic nitrogens is 1. The van der Waals surface area contributed by atoms with Gasteiger partial charge in [0.15, 0.2) is 5.76 Å². The molecule has 0 spiro atoms. The van der Waals surface area contributed by atoms with E-state index in [-0.39, 0.29) is 11.7 Å². The highest BCUT2D eigenvalue weighted by Gasteiger charge is 2.36. The summed E-state index contributed by atoms with van der Waals surface area (Å²) in [5.74, 6) is 0.510. The summed E-state index contributed by atoms with van der Waals surface area (Å²) in [6.07, 6.45) is 1.88. The summed E-state index contributed by atoms with van der Waals surface area (Å²) in [5.41, 5.74) is 2.84. The van der Waals surface area contributed by atoms with Crippen LogP contribution in [0.4, 0.5) is 0 Å². The Morgan fingerprint density at radius 1 is 1.12 bits per heavy atom. The standard InChI is InChI=1S/C24H17Cl2N3O3/c1-31-15-9-8-14-11-17(23(26)27-19(14)12-15)21-13-20(16-5-2-3-6-18(16)25)28-29(21)24(30)22-7-4-10-32-22/h2-12,21H,13H2,1H3. The van der Waals surface area contributed by atoms with Crippen LogP contribution in [0.25, 0.3) is 10.9 Å². The largest absolute Gasteiger partial charge is 0.497 e. The molecule has 2 aromatic heterocycles. The third kappa shape index (κ3) is 3.61. The molecule has 0 N–H and O–H groups in total. The third-order valence-corrected chi connectivity index (χ3v) is 6.03. The van der Waals surface area contributed by atoms with Gasteiger partial charge in [0, 0.05) is 34.0 Å². The minimum absolute atomic E-state index is 0.189. The molecule has 4 aromatic rings. The summed E-state index contributed by atoms with van der Waals surface area (Å²) in [4.78, 5) is 17.8. The fourth-order valence-corrected chi connectivity index (χ4v) is 4.33. The number of halogens is 2. The SMILES string of the molecule is COc1ccc2cc(C3CC(c4ccccc4Cl)=NN3C(=O)c3ccco3)c(Cl)nc2c1. The number of hydrogen-bond acceptors (Lipinski definition) is 5. The molecule has 0 aliphatic carbocycles. The molecule has 3 heterocycles. The van der Waals surface area contributed by atoms with Crippen molar-refractivity contribution < 1.29 is 13.9 Å². The smallest absolute Gasteiger partial charge is 0.310 e. The van der Waals surface area contributed by atoms with E-state index in [1.165, 1.54) is 11.3 Å². The predicted molar refractivity (Wildman–Crippen MR) is 124 cm³/mol. The second-order valence-electron chi connectivity index (χ2n) is 7.30. The number of furan rings is 1. The molecule has 2 aromatic carbocycles. The van der Waals surface area contributed by atoms with Gasteiger partial charge in [0.2, 0.25) is 0 Å². The van der Waals surface area contributed by atoms with Crippen molar-refractivity contribution in [2.45, 2.75) is 12.5 Å². The van der Waals surface area contributed by atoms with Crippen molar-refractivity contribution in [1.29, 1.82) is 0 Å². The maximum atomic E-state index is 13.2. The normalized spacial score (nSPS) is 15.8. The van der Waals surface area contributed by atoms with Crippen molar-refractivity contribution in [3.05, 3.63) is 94.0 Å². The molecule has 0 bridgehead atoms. The Labute approximate surface area is 194 Å². The Hall–Kier alpha value is -3.35. The van der Waals surface area contributed by atoms with Gasteiger partial charge in [-0.2, -0.15) is 5.10 Å². The molecule has 1 amide bonds. The van der Waals surface area contributed by atoms with Gasteiger partial charge in [-0.15, -0.1) is 0 Å². The molecule has 1 unspecified atom stereocenters. The van der Waals surface area contributed by atoms with Gasteiger partial charge in [-0.3, -0.25) is 4.79 Å². The summed E-state index contributed by atoms with van der Waals surface area (Å²) in [7, 11) is 1.60.